The highest BCUT2D eigenvalue weighted by atomic mass is 16.5. The smallest absolute Gasteiger partial charge is 0.200 e. The lowest BCUT2D eigenvalue weighted by Crippen LogP contribution is -2.48. The molecule has 4 aliphatic rings. The molecule has 6 unspecified atom stereocenters. The molecule has 4 aromatic rings. The number of anilines is 1. The molecule has 0 amide bonds. The normalized spacial score (nSPS) is 23.3. The van der Waals surface area contributed by atoms with Crippen LogP contribution in [0.5, 0.6) is 34.5 Å². The fourth-order valence-electron chi connectivity index (χ4n) is 10.3. The molecule has 8 rings (SSSR count). The molecule has 6 N–H and O–H groups in total. The number of phenolic OH excluding ortho intramolecular Hbond substituents is 1. The number of methoxy groups -OCH3 is 2. The summed E-state index contributed by atoms with van der Waals surface area (Å²) in [6.45, 7) is 3.00. The van der Waals surface area contributed by atoms with E-state index in [4.69, 9.17) is 23.7 Å². The summed E-state index contributed by atoms with van der Waals surface area (Å²) in [5.74, 6) is 0.959. The van der Waals surface area contributed by atoms with Gasteiger partial charge in [-0.2, -0.15) is 0 Å². The van der Waals surface area contributed by atoms with Crippen LogP contribution in [0.1, 0.15) is 90.7 Å². The number of rotatable bonds is 15. The summed E-state index contributed by atoms with van der Waals surface area (Å²) in [4.78, 5) is 12.0. The van der Waals surface area contributed by atoms with Crippen LogP contribution < -0.4 is 34.3 Å². The van der Waals surface area contributed by atoms with Gasteiger partial charge >= 0.3 is 0 Å². The summed E-state index contributed by atoms with van der Waals surface area (Å²) < 4.78 is 30.5. The van der Waals surface area contributed by atoms with E-state index >= 15 is 0 Å². The van der Waals surface area contributed by atoms with Gasteiger partial charge in [-0.3, -0.25) is 5.32 Å². The average Bonchev–Trinajstić information content (AvgIpc) is 3.24. The maximum absolute atomic E-state index is 12.4. The van der Waals surface area contributed by atoms with Crippen molar-refractivity contribution in [1.82, 2.24) is 5.32 Å². The van der Waals surface area contributed by atoms with Crippen molar-refractivity contribution in [3.05, 3.63) is 88.0 Å². The fraction of sp³-hybridized carbons (Fsp3) is 0.457. The Kier molecular flexibility index (Phi) is 11.5. The van der Waals surface area contributed by atoms with Crippen molar-refractivity contribution in [3.8, 4) is 45.6 Å². The van der Waals surface area contributed by atoms with Crippen molar-refractivity contribution < 1.29 is 48.9 Å². The number of hydrogen-bond donors (Lipinski definition) is 6. The van der Waals surface area contributed by atoms with Crippen molar-refractivity contribution in [2.24, 2.45) is 11.8 Å². The number of hydrogen-bond acceptors (Lipinski definition) is 12. The highest BCUT2D eigenvalue weighted by Crippen LogP contribution is 2.58. The Morgan fingerprint density at radius 1 is 0.948 bits per heavy atom. The van der Waals surface area contributed by atoms with Crippen molar-refractivity contribution in [1.29, 1.82) is 0 Å². The predicted molar refractivity (Wildman–Crippen MR) is 218 cm³/mol. The van der Waals surface area contributed by atoms with Gasteiger partial charge in [-0.05, 0) is 67.0 Å². The zero-order chi connectivity index (χ0) is 40.6. The van der Waals surface area contributed by atoms with Crippen molar-refractivity contribution in [2.75, 3.05) is 52.6 Å². The molecule has 0 bridgehead atoms. The van der Waals surface area contributed by atoms with Crippen LogP contribution >= 0.6 is 0 Å². The van der Waals surface area contributed by atoms with E-state index in [1.165, 1.54) is 7.11 Å². The molecule has 0 radical (unpaired) electrons. The Labute approximate surface area is 339 Å². The maximum Gasteiger partial charge on any atom is 0.200 e. The maximum atomic E-state index is 12.4. The van der Waals surface area contributed by atoms with E-state index in [-0.39, 0.29) is 55.6 Å². The number of phenols is 1. The zero-order valence-corrected chi connectivity index (χ0v) is 33.4. The van der Waals surface area contributed by atoms with E-state index in [9.17, 15) is 25.2 Å². The van der Waals surface area contributed by atoms with Gasteiger partial charge < -0.3 is 54.2 Å². The minimum absolute atomic E-state index is 0.0255. The Hall–Kier alpha value is -5.01. The minimum atomic E-state index is -1.04. The first-order valence-electron chi connectivity index (χ1n) is 20.5. The molecular formula is C46H54N2O10. The molecule has 6 atom stereocenters. The van der Waals surface area contributed by atoms with E-state index in [0.29, 0.717) is 58.9 Å². The van der Waals surface area contributed by atoms with E-state index < -0.39 is 23.7 Å². The molecular weight excluding hydrogens is 741 g/mol. The number of aldehydes is 1. The van der Waals surface area contributed by atoms with Crippen LogP contribution in [0.25, 0.3) is 11.1 Å². The summed E-state index contributed by atoms with van der Waals surface area (Å²) in [7, 11) is 3.10. The highest BCUT2D eigenvalue weighted by molar-refractivity contribution is 5.93. The number of aromatic hydroxyl groups is 1. The van der Waals surface area contributed by atoms with Gasteiger partial charge in [0.05, 0.1) is 45.7 Å². The van der Waals surface area contributed by atoms with E-state index in [1.807, 2.05) is 37.3 Å². The second-order valence-corrected chi connectivity index (χ2v) is 15.8. The molecule has 1 fully saturated rings. The van der Waals surface area contributed by atoms with E-state index in [0.717, 1.165) is 66.3 Å². The van der Waals surface area contributed by atoms with E-state index in [2.05, 4.69) is 22.8 Å². The van der Waals surface area contributed by atoms with Crippen molar-refractivity contribution in [3.63, 3.8) is 0 Å². The lowest BCUT2D eigenvalue weighted by Gasteiger charge is -2.49. The summed E-state index contributed by atoms with van der Waals surface area (Å²) >= 11 is 0. The summed E-state index contributed by atoms with van der Waals surface area (Å²) in [6, 6.07) is 17.2. The Bertz CT molecular complexity index is 2140. The van der Waals surface area contributed by atoms with Gasteiger partial charge in [0.2, 0.25) is 5.75 Å². The summed E-state index contributed by atoms with van der Waals surface area (Å²) in [6.07, 6.45) is 4.17. The van der Waals surface area contributed by atoms with Gasteiger partial charge in [0.25, 0.3) is 0 Å². The zero-order valence-electron chi connectivity index (χ0n) is 33.4. The topological polar surface area (TPSA) is 168 Å². The molecule has 2 heterocycles. The number of ether oxygens (including phenoxy) is 5. The van der Waals surface area contributed by atoms with Crippen LogP contribution in [0, 0.1) is 11.8 Å². The molecule has 0 spiro atoms. The minimum Gasteiger partial charge on any atom is -0.502 e. The average molecular weight is 795 g/mol. The lowest BCUT2D eigenvalue weighted by atomic mass is 9.56. The summed E-state index contributed by atoms with van der Waals surface area (Å²) in [5, 5.41) is 52.7. The molecule has 12 nitrogen and oxygen atoms in total. The number of aliphatic hydroxyl groups is 3. The van der Waals surface area contributed by atoms with Crippen LogP contribution in [0.3, 0.4) is 0 Å². The van der Waals surface area contributed by atoms with Crippen molar-refractivity contribution >= 4 is 12.0 Å². The number of fused-ring (bicyclic) bond motifs is 2. The Morgan fingerprint density at radius 2 is 1.72 bits per heavy atom. The molecule has 58 heavy (non-hydrogen) atoms. The van der Waals surface area contributed by atoms with Gasteiger partial charge in [0, 0.05) is 63.7 Å². The monoisotopic (exact) mass is 794 g/mol. The van der Waals surface area contributed by atoms with Gasteiger partial charge in [-0.1, -0.05) is 50.1 Å². The molecule has 2 aliphatic carbocycles. The molecule has 4 aromatic carbocycles. The quantitative estimate of drug-likeness (QED) is 0.0443. The third-order valence-corrected chi connectivity index (χ3v) is 13.1. The van der Waals surface area contributed by atoms with Crippen LogP contribution in [0.4, 0.5) is 5.69 Å². The van der Waals surface area contributed by atoms with Crippen LogP contribution in [-0.4, -0.2) is 74.0 Å². The number of benzene rings is 4. The third kappa shape index (κ3) is 6.69. The Balaban J connectivity index is 1.14. The molecule has 308 valence electrons. The molecule has 0 saturated heterocycles. The highest BCUT2D eigenvalue weighted by Gasteiger charge is 2.48. The van der Waals surface area contributed by atoms with Gasteiger partial charge in [-0.15, -0.1) is 0 Å². The van der Waals surface area contributed by atoms with Crippen LogP contribution in [0.2, 0.25) is 0 Å². The number of aliphatic hydroxyl groups excluding tert-OH is 3. The second-order valence-electron chi connectivity index (χ2n) is 15.8. The van der Waals surface area contributed by atoms with E-state index in [1.54, 1.807) is 19.2 Å². The standard InChI is InChI=1S/C46H54N2O10/c1-4-47-25-58-36-21-34(54-2)30-13-14-31-39-33(48-45(53)42(36)41(30)39)20-35-40(31)43(51)32(24-57-35)26-18-37(55-3)44(52)38(19-26)56-23-29(22-50)46(27-10-6-5-7-11-27)16-9-8-12-28(46)15-17-49/h5-7,10-11,17-21,28-29,32,43,45,47-48,50-53H,4,8-9,12-16,22-25H2,1-3H3. The van der Waals surface area contributed by atoms with Gasteiger partial charge in [0.1, 0.15) is 30.3 Å². The first-order chi connectivity index (χ1) is 28.3. The fourth-order valence-corrected chi connectivity index (χ4v) is 10.3. The largest absolute Gasteiger partial charge is 0.502 e. The Morgan fingerprint density at radius 3 is 2.47 bits per heavy atom. The van der Waals surface area contributed by atoms with Crippen molar-refractivity contribution in [2.45, 2.75) is 75.5 Å². The lowest BCUT2D eigenvalue weighted by molar-refractivity contribution is -0.110. The molecule has 2 aliphatic heterocycles. The summed E-state index contributed by atoms with van der Waals surface area (Å²) in [5.41, 5.74) is 6.81. The predicted octanol–water partition coefficient (Wildman–Crippen LogP) is 6.45. The first-order valence-corrected chi connectivity index (χ1v) is 20.5. The molecule has 12 heteroatoms. The number of nitrogens with one attached hydrogen (secondary N) is 2. The molecule has 0 aromatic heterocycles. The van der Waals surface area contributed by atoms with Gasteiger partial charge in [-0.25, -0.2) is 0 Å². The SMILES string of the molecule is CCNCOc1cc(OC)c2c3c1C(O)Nc1cc4c(c(c1-3)CC2)C(O)C(c1cc(OC)c(O)c(OCC(CO)C2(c3ccccc3)CCCCC2CC=O)c1)CO4. The van der Waals surface area contributed by atoms with Crippen LogP contribution in [0.15, 0.2) is 54.6 Å². The second kappa shape index (κ2) is 16.7. The number of carbonyl (C=O) groups is 1. The first kappa shape index (κ1) is 39.8. The third-order valence-electron chi connectivity index (χ3n) is 13.1. The van der Waals surface area contributed by atoms with Crippen LogP contribution in [-0.2, 0) is 23.1 Å². The molecule has 1 saturated carbocycles. The van der Waals surface area contributed by atoms with Gasteiger partial charge in [0.15, 0.2) is 17.7 Å². The number of carbonyl (C=O) groups excluding carboxylic acids is 1.